The normalized spacial score (nSPS) is 10.6. The molecule has 0 aliphatic rings. The van der Waals surface area contributed by atoms with Gasteiger partial charge in [-0.15, -0.1) is 0 Å². The lowest BCUT2D eigenvalue weighted by Crippen LogP contribution is -2.34. The first-order valence-electron chi connectivity index (χ1n) is 8.84. The molecule has 0 saturated heterocycles. The van der Waals surface area contributed by atoms with Gasteiger partial charge in [0.1, 0.15) is 11.0 Å². The first kappa shape index (κ1) is 19.7. The first-order chi connectivity index (χ1) is 13.6. The standard InChI is InChI=1S/C19H19FN4O3S/c1-2-3-4-9-26-17-8-6-13(11-14(17)20)21-19(28)22-18(25)12-5-7-15-16(10-12)24-27-23-15/h5-8,10-11H,2-4,9H2,1H3,(H2,21,22,25,28). The number of carbonyl (C=O) groups is 1. The van der Waals surface area contributed by atoms with Crippen LogP contribution in [0.2, 0.25) is 0 Å². The molecular formula is C19H19FN4O3S. The number of carbonyl (C=O) groups excluding carboxylic acids is 1. The topological polar surface area (TPSA) is 89.3 Å². The van der Waals surface area contributed by atoms with Crippen LogP contribution in [0.4, 0.5) is 10.1 Å². The van der Waals surface area contributed by atoms with E-state index in [1.165, 1.54) is 18.2 Å². The Balaban J connectivity index is 1.56. The summed E-state index contributed by atoms with van der Waals surface area (Å²) in [5.41, 5.74) is 1.75. The lowest BCUT2D eigenvalue weighted by molar-refractivity contribution is 0.0978. The second-order valence-electron chi connectivity index (χ2n) is 6.08. The van der Waals surface area contributed by atoms with Gasteiger partial charge in [-0.3, -0.25) is 10.1 Å². The van der Waals surface area contributed by atoms with Gasteiger partial charge in [0.2, 0.25) is 0 Å². The highest BCUT2D eigenvalue weighted by Gasteiger charge is 2.12. The van der Waals surface area contributed by atoms with Crippen molar-refractivity contribution >= 4 is 40.0 Å². The zero-order chi connectivity index (χ0) is 19.9. The number of hydrogen-bond donors (Lipinski definition) is 2. The molecule has 3 aromatic rings. The van der Waals surface area contributed by atoms with Gasteiger partial charge < -0.3 is 10.1 Å². The number of halogens is 1. The number of ether oxygens (including phenoxy) is 1. The molecule has 1 heterocycles. The monoisotopic (exact) mass is 402 g/mol. The van der Waals surface area contributed by atoms with E-state index < -0.39 is 11.7 Å². The number of fused-ring (bicyclic) bond motifs is 1. The Kier molecular flexibility index (Phi) is 6.49. The molecule has 3 rings (SSSR count). The van der Waals surface area contributed by atoms with Gasteiger partial charge in [0, 0.05) is 17.3 Å². The third-order valence-electron chi connectivity index (χ3n) is 3.94. The summed E-state index contributed by atoms with van der Waals surface area (Å²) in [5, 5.41) is 12.7. The quantitative estimate of drug-likeness (QED) is 0.455. The van der Waals surface area contributed by atoms with Gasteiger partial charge in [-0.05, 0) is 59.3 Å². The number of nitrogens with zero attached hydrogens (tertiary/aromatic N) is 2. The van der Waals surface area contributed by atoms with Crippen molar-refractivity contribution < 1.29 is 18.6 Å². The van der Waals surface area contributed by atoms with Crippen LogP contribution >= 0.6 is 12.2 Å². The average Bonchev–Trinajstić information content (AvgIpc) is 3.14. The van der Waals surface area contributed by atoms with Gasteiger partial charge >= 0.3 is 0 Å². The molecule has 0 saturated carbocycles. The molecule has 0 unspecified atom stereocenters. The molecule has 28 heavy (non-hydrogen) atoms. The third-order valence-corrected chi connectivity index (χ3v) is 4.14. The largest absolute Gasteiger partial charge is 0.491 e. The lowest BCUT2D eigenvalue weighted by Gasteiger charge is -2.11. The molecule has 0 atom stereocenters. The lowest BCUT2D eigenvalue weighted by atomic mass is 10.2. The molecule has 9 heteroatoms. The van der Waals surface area contributed by atoms with Crippen LogP contribution in [0.5, 0.6) is 5.75 Å². The van der Waals surface area contributed by atoms with Crippen LogP contribution in [0, 0.1) is 5.82 Å². The number of hydrogen-bond acceptors (Lipinski definition) is 6. The molecule has 0 aliphatic heterocycles. The van der Waals surface area contributed by atoms with E-state index in [-0.39, 0.29) is 10.9 Å². The van der Waals surface area contributed by atoms with E-state index in [4.69, 9.17) is 17.0 Å². The number of thiocarbonyl (C=S) groups is 1. The zero-order valence-corrected chi connectivity index (χ0v) is 16.0. The third kappa shape index (κ3) is 5.01. The highest BCUT2D eigenvalue weighted by atomic mass is 32.1. The summed E-state index contributed by atoms with van der Waals surface area (Å²) in [4.78, 5) is 12.3. The minimum Gasteiger partial charge on any atom is -0.491 e. The number of anilines is 1. The van der Waals surface area contributed by atoms with Crippen molar-refractivity contribution in [3.05, 3.63) is 47.8 Å². The fourth-order valence-electron chi connectivity index (χ4n) is 2.49. The van der Waals surface area contributed by atoms with Crippen molar-refractivity contribution in [3.63, 3.8) is 0 Å². The number of nitrogens with one attached hydrogen (secondary N) is 2. The molecule has 1 aromatic heterocycles. The summed E-state index contributed by atoms with van der Waals surface area (Å²) >= 11 is 5.12. The Morgan fingerprint density at radius 3 is 2.79 bits per heavy atom. The Morgan fingerprint density at radius 1 is 1.18 bits per heavy atom. The van der Waals surface area contributed by atoms with Crippen LogP contribution < -0.4 is 15.4 Å². The van der Waals surface area contributed by atoms with E-state index >= 15 is 0 Å². The summed E-state index contributed by atoms with van der Waals surface area (Å²) < 4.78 is 24.2. The van der Waals surface area contributed by atoms with Gasteiger partial charge in [-0.1, -0.05) is 19.8 Å². The Bertz CT molecular complexity index is 992. The molecule has 7 nitrogen and oxygen atoms in total. The summed E-state index contributed by atoms with van der Waals surface area (Å²) in [7, 11) is 0. The maximum atomic E-state index is 14.1. The van der Waals surface area contributed by atoms with Crippen LogP contribution in [0.3, 0.4) is 0 Å². The van der Waals surface area contributed by atoms with Crippen LogP contribution in [0.25, 0.3) is 11.0 Å². The zero-order valence-electron chi connectivity index (χ0n) is 15.2. The second-order valence-corrected chi connectivity index (χ2v) is 6.48. The van der Waals surface area contributed by atoms with E-state index in [1.54, 1.807) is 18.2 Å². The maximum absolute atomic E-state index is 14.1. The van der Waals surface area contributed by atoms with E-state index in [2.05, 4.69) is 32.5 Å². The molecule has 1 amide bonds. The van der Waals surface area contributed by atoms with Crippen molar-refractivity contribution in [1.29, 1.82) is 0 Å². The van der Waals surface area contributed by atoms with Crippen LogP contribution in [-0.4, -0.2) is 27.9 Å². The van der Waals surface area contributed by atoms with Crippen LogP contribution in [0.1, 0.15) is 36.5 Å². The van der Waals surface area contributed by atoms with Crippen molar-refractivity contribution in [1.82, 2.24) is 15.6 Å². The molecule has 2 N–H and O–H groups in total. The number of unbranched alkanes of at least 4 members (excludes halogenated alkanes) is 2. The summed E-state index contributed by atoms with van der Waals surface area (Å²) in [6, 6.07) is 9.15. The fraction of sp³-hybridized carbons (Fsp3) is 0.263. The Labute approximate surface area is 166 Å². The molecule has 0 bridgehead atoms. The van der Waals surface area contributed by atoms with Gasteiger partial charge in [0.05, 0.1) is 6.61 Å². The highest BCUT2D eigenvalue weighted by molar-refractivity contribution is 7.80. The molecule has 0 radical (unpaired) electrons. The van der Waals surface area contributed by atoms with Gasteiger partial charge in [0.15, 0.2) is 16.7 Å². The van der Waals surface area contributed by atoms with Gasteiger partial charge in [0.25, 0.3) is 5.91 Å². The van der Waals surface area contributed by atoms with Crippen LogP contribution in [0.15, 0.2) is 41.0 Å². The van der Waals surface area contributed by atoms with Crippen molar-refractivity contribution in [2.24, 2.45) is 0 Å². The maximum Gasteiger partial charge on any atom is 0.257 e. The summed E-state index contributed by atoms with van der Waals surface area (Å²) in [6.07, 6.45) is 2.98. The molecule has 0 spiro atoms. The average molecular weight is 402 g/mol. The van der Waals surface area contributed by atoms with Crippen molar-refractivity contribution in [2.75, 3.05) is 11.9 Å². The SMILES string of the molecule is CCCCCOc1ccc(NC(=S)NC(=O)c2ccc3nonc3c2)cc1F. The number of aromatic nitrogens is 2. The number of benzene rings is 2. The minimum atomic E-state index is -0.500. The van der Waals surface area contributed by atoms with E-state index in [0.29, 0.717) is 28.9 Å². The second kappa shape index (κ2) is 9.23. The van der Waals surface area contributed by atoms with E-state index in [9.17, 15) is 9.18 Å². The molecule has 0 aliphatic carbocycles. The van der Waals surface area contributed by atoms with Gasteiger partial charge in [-0.2, -0.15) is 0 Å². The fourth-order valence-corrected chi connectivity index (χ4v) is 2.70. The smallest absolute Gasteiger partial charge is 0.257 e. The number of amides is 1. The summed E-state index contributed by atoms with van der Waals surface area (Å²) in [5.74, 6) is -0.746. The molecule has 0 fully saturated rings. The number of rotatable bonds is 7. The van der Waals surface area contributed by atoms with E-state index in [0.717, 1.165) is 19.3 Å². The Hall–Kier alpha value is -3.07. The van der Waals surface area contributed by atoms with Crippen molar-refractivity contribution in [3.8, 4) is 5.75 Å². The van der Waals surface area contributed by atoms with Gasteiger partial charge in [-0.25, -0.2) is 9.02 Å². The van der Waals surface area contributed by atoms with Crippen molar-refractivity contribution in [2.45, 2.75) is 26.2 Å². The first-order valence-corrected chi connectivity index (χ1v) is 9.24. The Morgan fingerprint density at radius 2 is 2.00 bits per heavy atom. The molecular weight excluding hydrogens is 383 g/mol. The van der Waals surface area contributed by atoms with Crippen LogP contribution in [-0.2, 0) is 0 Å². The predicted octanol–water partition coefficient (Wildman–Crippen LogP) is 4.06. The predicted molar refractivity (Wildman–Crippen MR) is 107 cm³/mol. The minimum absolute atomic E-state index is 0.0411. The molecule has 146 valence electrons. The molecule has 2 aromatic carbocycles. The van der Waals surface area contributed by atoms with E-state index in [1.807, 2.05) is 0 Å². The highest BCUT2D eigenvalue weighted by Crippen LogP contribution is 2.21. The summed E-state index contributed by atoms with van der Waals surface area (Å²) in [6.45, 7) is 2.56.